The molecule has 2 aromatic carbocycles. The minimum absolute atomic E-state index is 0.108. The van der Waals surface area contributed by atoms with Crippen LogP contribution in [0.15, 0.2) is 36.4 Å². The molecule has 4 heteroatoms. The molecular weight excluding hydrogens is 275 g/mol. The van der Waals surface area contributed by atoms with E-state index < -0.39 is 17.8 Å². The Labute approximate surface area is 122 Å². The molecule has 0 saturated heterocycles. The minimum atomic E-state index is -4.40. The van der Waals surface area contributed by atoms with Crippen molar-refractivity contribution < 1.29 is 13.2 Å². The second-order valence-corrected chi connectivity index (χ2v) is 5.36. The van der Waals surface area contributed by atoms with Crippen molar-refractivity contribution in [2.45, 2.75) is 33.0 Å². The third-order valence-electron chi connectivity index (χ3n) is 3.82. The third kappa shape index (κ3) is 3.10. The molecule has 1 nitrogen and oxygen atoms in total. The Morgan fingerprint density at radius 2 is 1.43 bits per heavy atom. The average molecular weight is 293 g/mol. The molecule has 112 valence electrons. The van der Waals surface area contributed by atoms with Crippen LogP contribution in [0.5, 0.6) is 0 Å². The van der Waals surface area contributed by atoms with Gasteiger partial charge in [0, 0.05) is 0 Å². The Kier molecular flexibility index (Phi) is 4.10. The van der Waals surface area contributed by atoms with Gasteiger partial charge in [-0.3, -0.25) is 0 Å². The Balaban J connectivity index is 2.56. The van der Waals surface area contributed by atoms with Gasteiger partial charge in [0.2, 0.25) is 0 Å². The van der Waals surface area contributed by atoms with E-state index in [-0.39, 0.29) is 5.56 Å². The van der Waals surface area contributed by atoms with Crippen molar-refractivity contribution in [2.24, 2.45) is 5.73 Å². The summed E-state index contributed by atoms with van der Waals surface area (Å²) in [5.41, 5.74) is 9.33. The van der Waals surface area contributed by atoms with Gasteiger partial charge in [0.15, 0.2) is 0 Å². The molecular formula is C17H18F3N. The van der Waals surface area contributed by atoms with Gasteiger partial charge in [0.1, 0.15) is 0 Å². The highest BCUT2D eigenvalue weighted by molar-refractivity contribution is 5.44. The van der Waals surface area contributed by atoms with E-state index in [1.54, 1.807) is 6.07 Å². The van der Waals surface area contributed by atoms with E-state index in [0.717, 1.165) is 28.3 Å². The molecule has 2 aromatic rings. The first-order valence-electron chi connectivity index (χ1n) is 6.71. The normalized spacial score (nSPS) is 13.3. The number of nitrogens with two attached hydrogens (primary N) is 1. The van der Waals surface area contributed by atoms with Gasteiger partial charge >= 0.3 is 6.18 Å². The predicted octanol–water partition coefficient (Wildman–Crippen LogP) is 4.68. The average Bonchev–Trinajstić information content (AvgIpc) is 2.41. The smallest absolute Gasteiger partial charge is 0.320 e. The molecule has 2 N–H and O–H groups in total. The SMILES string of the molecule is Cc1cc(C)c(C(N)c2ccccc2C(F)(F)F)cc1C. The summed E-state index contributed by atoms with van der Waals surface area (Å²) in [6, 6.07) is 8.53. The van der Waals surface area contributed by atoms with Crippen LogP contribution in [0, 0.1) is 20.8 Å². The molecule has 0 heterocycles. The minimum Gasteiger partial charge on any atom is -0.320 e. The van der Waals surface area contributed by atoms with E-state index >= 15 is 0 Å². The van der Waals surface area contributed by atoms with Crippen LogP contribution >= 0.6 is 0 Å². The van der Waals surface area contributed by atoms with Crippen LogP contribution in [0.2, 0.25) is 0 Å². The van der Waals surface area contributed by atoms with E-state index in [0.29, 0.717) is 0 Å². The highest BCUT2D eigenvalue weighted by atomic mass is 19.4. The maximum absolute atomic E-state index is 13.1. The molecule has 0 aliphatic carbocycles. The van der Waals surface area contributed by atoms with Crippen molar-refractivity contribution >= 4 is 0 Å². The fourth-order valence-corrected chi connectivity index (χ4v) is 2.51. The number of aryl methyl sites for hydroxylation is 3. The lowest BCUT2D eigenvalue weighted by Gasteiger charge is -2.21. The van der Waals surface area contributed by atoms with Crippen molar-refractivity contribution in [3.05, 3.63) is 69.8 Å². The van der Waals surface area contributed by atoms with Gasteiger partial charge in [-0.1, -0.05) is 30.3 Å². The van der Waals surface area contributed by atoms with Gasteiger partial charge in [-0.15, -0.1) is 0 Å². The molecule has 0 spiro atoms. The summed E-state index contributed by atoms with van der Waals surface area (Å²) in [5.74, 6) is 0. The zero-order valence-corrected chi connectivity index (χ0v) is 12.3. The number of hydrogen-bond donors (Lipinski definition) is 1. The van der Waals surface area contributed by atoms with Gasteiger partial charge in [0.05, 0.1) is 11.6 Å². The fraction of sp³-hybridized carbons (Fsp3) is 0.294. The van der Waals surface area contributed by atoms with E-state index in [4.69, 9.17) is 5.73 Å². The molecule has 0 aliphatic rings. The number of rotatable bonds is 2. The first-order valence-corrected chi connectivity index (χ1v) is 6.71. The maximum Gasteiger partial charge on any atom is 0.416 e. The van der Waals surface area contributed by atoms with Gasteiger partial charge < -0.3 is 5.73 Å². The van der Waals surface area contributed by atoms with E-state index in [1.807, 2.05) is 32.9 Å². The Morgan fingerprint density at radius 3 is 2.05 bits per heavy atom. The quantitative estimate of drug-likeness (QED) is 0.855. The molecule has 0 aliphatic heterocycles. The van der Waals surface area contributed by atoms with Crippen LogP contribution in [0.3, 0.4) is 0 Å². The van der Waals surface area contributed by atoms with E-state index in [1.165, 1.54) is 12.1 Å². The van der Waals surface area contributed by atoms with Crippen molar-refractivity contribution in [2.75, 3.05) is 0 Å². The van der Waals surface area contributed by atoms with Crippen molar-refractivity contribution in [3.8, 4) is 0 Å². The van der Waals surface area contributed by atoms with Crippen LogP contribution in [0.25, 0.3) is 0 Å². The summed E-state index contributed by atoms with van der Waals surface area (Å²) in [5, 5.41) is 0. The standard InChI is InChI=1S/C17H18F3N/c1-10-8-12(3)14(9-11(10)2)16(21)13-6-4-5-7-15(13)17(18,19)20/h4-9,16H,21H2,1-3H3. The topological polar surface area (TPSA) is 26.0 Å². The summed E-state index contributed by atoms with van der Waals surface area (Å²) >= 11 is 0. The molecule has 0 aromatic heterocycles. The highest BCUT2D eigenvalue weighted by Crippen LogP contribution is 2.36. The van der Waals surface area contributed by atoms with Gasteiger partial charge in [-0.25, -0.2) is 0 Å². The first kappa shape index (κ1) is 15.6. The molecule has 0 saturated carbocycles. The summed E-state index contributed by atoms with van der Waals surface area (Å²) in [6.07, 6.45) is -4.40. The second-order valence-electron chi connectivity index (χ2n) is 5.36. The Morgan fingerprint density at radius 1 is 0.857 bits per heavy atom. The Bertz CT molecular complexity index is 660. The fourth-order valence-electron chi connectivity index (χ4n) is 2.51. The van der Waals surface area contributed by atoms with Crippen molar-refractivity contribution in [3.63, 3.8) is 0 Å². The summed E-state index contributed by atoms with van der Waals surface area (Å²) < 4.78 is 39.3. The third-order valence-corrected chi connectivity index (χ3v) is 3.82. The number of benzene rings is 2. The molecule has 0 radical (unpaired) electrons. The molecule has 0 bridgehead atoms. The van der Waals surface area contributed by atoms with Gasteiger partial charge in [-0.2, -0.15) is 13.2 Å². The molecule has 1 unspecified atom stereocenters. The van der Waals surface area contributed by atoms with Crippen LogP contribution < -0.4 is 5.73 Å². The van der Waals surface area contributed by atoms with Crippen LogP contribution in [-0.2, 0) is 6.18 Å². The zero-order valence-electron chi connectivity index (χ0n) is 12.3. The molecule has 0 fully saturated rings. The van der Waals surface area contributed by atoms with Crippen LogP contribution in [0.4, 0.5) is 13.2 Å². The van der Waals surface area contributed by atoms with Crippen LogP contribution in [-0.4, -0.2) is 0 Å². The monoisotopic (exact) mass is 293 g/mol. The molecule has 21 heavy (non-hydrogen) atoms. The molecule has 1 atom stereocenters. The maximum atomic E-state index is 13.1. The van der Waals surface area contributed by atoms with Crippen molar-refractivity contribution in [1.29, 1.82) is 0 Å². The Hall–Kier alpha value is -1.81. The molecule has 2 rings (SSSR count). The lowest BCUT2D eigenvalue weighted by Crippen LogP contribution is -2.19. The summed E-state index contributed by atoms with van der Waals surface area (Å²) in [7, 11) is 0. The number of hydrogen-bond acceptors (Lipinski definition) is 1. The molecule has 0 amide bonds. The highest BCUT2D eigenvalue weighted by Gasteiger charge is 2.34. The van der Waals surface area contributed by atoms with Gasteiger partial charge in [-0.05, 0) is 54.7 Å². The zero-order chi connectivity index (χ0) is 15.8. The van der Waals surface area contributed by atoms with Crippen LogP contribution in [0.1, 0.15) is 39.4 Å². The second kappa shape index (κ2) is 5.53. The summed E-state index contributed by atoms with van der Waals surface area (Å²) in [4.78, 5) is 0. The summed E-state index contributed by atoms with van der Waals surface area (Å²) in [6.45, 7) is 5.78. The lowest BCUT2D eigenvalue weighted by atomic mass is 9.90. The predicted molar refractivity (Wildman–Crippen MR) is 78.1 cm³/mol. The van der Waals surface area contributed by atoms with E-state index in [2.05, 4.69) is 0 Å². The number of alkyl halides is 3. The lowest BCUT2D eigenvalue weighted by molar-refractivity contribution is -0.138. The largest absolute Gasteiger partial charge is 0.416 e. The van der Waals surface area contributed by atoms with Crippen molar-refractivity contribution in [1.82, 2.24) is 0 Å². The van der Waals surface area contributed by atoms with Gasteiger partial charge in [0.25, 0.3) is 0 Å². The number of halogens is 3. The first-order chi connectivity index (χ1) is 9.71. The van der Waals surface area contributed by atoms with E-state index in [9.17, 15) is 13.2 Å².